The second-order valence-corrected chi connectivity index (χ2v) is 15.0. The molecule has 3 atom stereocenters. The third-order valence-electron chi connectivity index (χ3n) is 10.1. The van der Waals surface area contributed by atoms with Crippen LogP contribution in [0.25, 0.3) is 0 Å². The molecular formula is C40H55N5O9. The lowest BCUT2D eigenvalue weighted by Gasteiger charge is -2.36. The topological polar surface area (TPSA) is 159 Å². The molecule has 4 amide bonds. The number of aryl methyl sites for hydroxylation is 2. The molecule has 0 radical (unpaired) electrons. The average Bonchev–Trinajstić information content (AvgIpc) is 3.08. The van der Waals surface area contributed by atoms with E-state index in [2.05, 4.69) is 10.6 Å². The van der Waals surface area contributed by atoms with Gasteiger partial charge in [0.05, 0.1) is 37.4 Å². The highest BCUT2D eigenvalue weighted by Gasteiger charge is 2.40. The molecule has 14 nitrogen and oxygen atoms in total. The predicted octanol–water partition coefficient (Wildman–Crippen LogP) is 5.87. The minimum atomic E-state index is -0.949. The van der Waals surface area contributed by atoms with Gasteiger partial charge in [0.1, 0.15) is 6.10 Å². The van der Waals surface area contributed by atoms with Crippen molar-refractivity contribution in [2.24, 2.45) is 5.41 Å². The van der Waals surface area contributed by atoms with E-state index >= 15 is 0 Å². The molecule has 2 heterocycles. The van der Waals surface area contributed by atoms with E-state index in [9.17, 15) is 24.3 Å². The summed E-state index contributed by atoms with van der Waals surface area (Å²) in [4.78, 5) is 59.9. The molecule has 0 saturated carbocycles. The number of allylic oxidation sites excluding steroid dienone is 2. The van der Waals surface area contributed by atoms with Gasteiger partial charge in [-0.1, -0.05) is 20.8 Å². The number of phenols is 1. The van der Waals surface area contributed by atoms with Crippen LogP contribution in [0.1, 0.15) is 82.8 Å². The quantitative estimate of drug-likeness (QED) is 0.177. The van der Waals surface area contributed by atoms with Crippen LogP contribution in [0.2, 0.25) is 0 Å². The minimum Gasteiger partial charge on any atom is -0.504 e. The van der Waals surface area contributed by atoms with E-state index in [1.807, 2.05) is 53.6 Å². The Morgan fingerprint density at radius 2 is 1.33 bits per heavy atom. The fraction of sp³-hybridized carbons (Fsp3) is 0.500. The van der Waals surface area contributed by atoms with Gasteiger partial charge in [0.15, 0.2) is 23.0 Å². The van der Waals surface area contributed by atoms with E-state index in [1.165, 1.54) is 24.0 Å². The van der Waals surface area contributed by atoms with Crippen LogP contribution in [0, 0.1) is 19.3 Å². The summed E-state index contributed by atoms with van der Waals surface area (Å²) in [5.41, 5.74) is 2.98. The van der Waals surface area contributed by atoms with Gasteiger partial charge in [-0.15, -0.1) is 0 Å². The second-order valence-electron chi connectivity index (χ2n) is 15.0. The van der Waals surface area contributed by atoms with Gasteiger partial charge in [-0.2, -0.15) is 0 Å². The predicted molar refractivity (Wildman–Crippen MR) is 203 cm³/mol. The van der Waals surface area contributed by atoms with Gasteiger partial charge in [0, 0.05) is 31.0 Å². The van der Waals surface area contributed by atoms with Crippen molar-refractivity contribution in [3.8, 4) is 23.0 Å². The Morgan fingerprint density at radius 1 is 0.833 bits per heavy atom. The van der Waals surface area contributed by atoms with Crippen LogP contribution in [0.4, 0.5) is 9.59 Å². The zero-order chi connectivity index (χ0) is 40.4. The van der Waals surface area contributed by atoms with Crippen molar-refractivity contribution in [2.45, 2.75) is 80.5 Å². The van der Waals surface area contributed by atoms with Gasteiger partial charge < -0.3 is 39.6 Å². The van der Waals surface area contributed by atoms with Crippen LogP contribution in [0.3, 0.4) is 0 Å². The number of ether oxygens (including phenoxy) is 4. The summed E-state index contributed by atoms with van der Waals surface area (Å²) >= 11 is 0. The first kappa shape index (κ1) is 41.5. The monoisotopic (exact) mass is 749 g/mol. The molecule has 2 aromatic rings. The van der Waals surface area contributed by atoms with Crippen molar-refractivity contribution in [1.82, 2.24) is 25.3 Å². The number of nitrogens with zero attached hydrogens (tertiary/aromatic N) is 3. The number of hydrogen-bond acceptors (Lipinski definition) is 10. The standard InChI is InChI=1S/C40H55N5O9/c1-14-44-23(4)30(36(47)53-25(6)40(7,8)9)33(41-38(44)49)27-18-22(3)35(29(20-27)52-13)54-37(48)31-24(5)45(16-15-43(10)11)39(50)42-32(31)26-17-21(2)34(46)28(19-26)51-12/h17-20,25,32-33,46H,14-16H2,1-13H3,(H,41,49)(H,42,50). The summed E-state index contributed by atoms with van der Waals surface area (Å²) in [6.45, 7) is 17.6. The molecule has 2 aromatic carbocycles. The van der Waals surface area contributed by atoms with Crippen LogP contribution < -0.4 is 24.8 Å². The number of esters is 2. The summed E-state index contributed by atoms with van der Waals surface area (Å²) in [6.07, 6.45) is -0.423. The maximum atomic E-state index is 14.4. The van der Waals surface area contributed by atoms with Gasteiger partial charge in [0.2, 0.25) is 0 Å². The summed E-state index contributed by atoms with van der Waals surface area (Å²) in [6, 6.07) is 3.98. The molecule has 0 aromatic heterocycles. The fourth-order valence-corrected chi connectivity index (χ4v) is 6.40. The van der Waals surface area contributed by atoms with Crippen LogP contribution in [0.15, 0.2) is 46.8 Å². The van der Waals surface area contributed by atoms with E-state index < -0.39 is 36.2 Å². The molecule has 3 N–H and O–H groups in total. The first-order valence-electron chi connectivity index (χ1n) is 18.0. The maximum Gasteiger partial charge on any atom is 0.343 e. The van der Waals surface area contributed by atoms with E-state index in [-0.39, 0.29) is 45.6 Å². The van der Waals surface area contributed by atoms with Gasteiger partial charge in [0.25, 0.3) is 0 Å². The highest BCUT2D eigenvalue weighted by atomic mass is 16.6. The van der Waals surface area contributed by atoms with Crippen molar-refractivity contribution in [3.05, 3.63) is 69.1 Å². The molecule has 0 fully saturated rings. The van der Waals surface area contributed by atoms with Crippen molar-refractivity contribution in [2.75, 3.05) is 47.9 Å². The third kappa shape index (κ3) is 8.43. The molecule has 0 saturated heterocycles. The molecule has 2 aliphatic rings. The lowest BCUT2D eigenvalue weighted by Crippen LogP contribution is -2.50. The normalized spacial score (nSPS) is 18.4. The van der Waals surface area contributed by atoms with Crippen molar-refractivity contribution < 1.29 is 43.2 Å². The van der Waals surface area contributed by atoms with E-state index in [1.54, 1.807) is 52.0 Å². The Bertz CT molecular complexity index is 1880. The number of aromatic hydroxyl groups is 1. The van der Waals surface area contributed by atoms with Gasteiger partial charge >= 0.3 is 24.0 Å². The summed E-state index contributed by atoms with van der Waals surface area (Å²) in [5, 5.41) is 16.4. The first-order valence-corrected chi connectivity index (χ1v) is 18.0. The first-order chi connectivity index (χ1) is 25.2. The molecule has 0 spiro atoms. The lowest BCUT2D eigenvalue weighted by molar-refractivity contribution is -0.149. The molecule has 3 unspecified atom stereocenters. The largest absolute Gasteiger partial charge is 0.504 e. The molecule has 4 rings (SSSR count). The number of hydrogen-bond donors (Lipinski definition) is 3. The number of amides is 4. The number of benzene rings is 2. The van der Waals surface area contributed by atoms with E-state index in [0.29, 0.717) is 53.3 Å². The van der Waals surface area contributed by atoms with Crippen LogP contribution >= 0.6 is 0 Å². The zero-order valence-corrected chi connectivity index (χ0v) is 33.7. The highest BCUT2D eigenvalue weighted by Crippen LogP contribution is 2.42. The van der Waals surface area contributed by atoms with Gasteiger partial charge in [-0.25, -0.2) is 19.2 Å². The number of nitrogens with one attached hydrogen (secondary N) is 2. The Morgan fingerprint density at radius 3 is 1.85 bits per heavy atom. The number of carbonyl (C=O) groups is 4. The van der Waals surface area contributed by atoms with Gasteiger partial charge in [-0.05, 0) is 108 Å². The molecule has 14 heteroatoms. The number of phenolic OH excluding ortho intramolecular Hbond substituents is 1. The minimum absolute atomic E-state index is 0.0528. The Balaban J connectivity index is 1.80. The van der Waals surface area contributed by atoms with Crippen molar-refractivity contribution in [3.63, 3.8) is 0 Å². The Kier molecular flexibility index (Phi) is 12.6. The molecule has 2 aliphatic heterocycles. The molecule has 54 heavy (non-hydrogen) atoms. The lowest BCUT2D eigenvalue weighted by atomic mass is 9.89. The summed E-state index contributed by atoms with van der Waals surface area (Å²) in [5.74, 6) is -0.872. The molecular weight excluding hydrogens is 694 g/mol. The van der Waals surface area contributed by atoms with Crippen LogP contribution in [-0.2, 0) is 14.3 Å². The maximum absolute atomic E-state index is 14.4. The van der Waals surface area contributed by atoms with Gasteiger partial charge in [-0.3, -0.25) is 9.80 Å². The molecule has 294 valence electrons. The van der Waals surface area contributed by atoms with Crippen LogP contribution in [-0.4, -0.2) is 97.9 Å². The summed E-state index contributed by atoms with van der Waals surface area (Å²) in [7, 11) is 6.62. The van der Waals surface area contributed by atoms with E-state index in [0.717, 1.165) is 0 Å². The number of methoxy groups -OCH3 is 2. The smallest absolute Gasteiger partial charge is 0.343 e. The zero-order valence-electron chi connectivity index (χ0n) is 33.7. The van der Waals surface area contributed by atoms with Crippen LogP contribution in [0.5, 0.6) is 23.0 Å². The number of rotatable bonds is 12. The summed E-state index contributed by atoms with van der Waals surface area (Å²) < 4.78 is 23.2. The van der Waals surface area contributed by atoms with E-state index in [4.69, 9.17) is 18.9 Å². The molecule has 0 bridgehead atoms. The average molecular weight is 750 g/mol. The Labute approximate surface area is 318 Å². The van der Waals surface area contributed by atoms with Crippen molar-refractivity contribution >= 4 is 24.0 Å². The molecule has 0 aliphatic carbocycles. The van der Waals surface area contributed by atoms with Crippen molar-refractivity contribution in [1.29, 1.82) is 0 Å². The Hall–Kier alpha value is -5.24. The third-order valence-corrected chi connectivity index (χ3v) is 10.1. The number of likely N-dealkylation sites (N-methyl/N-ethyl adjacent to an activating group) is 1. The second kappa shape index (κ2) is 16.4. The highest BCUT2D eigenvalue weighted by molar-refractivity contribution is 5.97. The number of urea groups is 2. The number of carbonyl (C=O) groups excluding carboxylic acids is 4. The fourth-order valence-electron chi connectivity index (χ4n) is 6.40. The SMILES string of the molecule is CCN1C(=O)NC(c2cc(C)c(OC(=O)C3=C(C)N(CCN(C)C)C(=O)NC3c3cc(C)c(O)c(OC)c3)c(OC)c2)C(C(=O)OC(C)C(C)(C)C)=C1C.